The van der Waals surface area contributed by atoms with E-state index in [9.17, 15) is 12.8 Å². The Kier molecular flexibility index (Phi) is 3.35. The minimum absolute atomic E-state index is 0.173. The summed E-state index contributed by atoms with van der Waals surface area (Å²) in [6, 6.07) is 5.05. The van der Waals surface area contributed by atoms with Crippen LogP contribution in [-0.4, -0.2) is 26.0 Å². The summed E-state index contributed by atoms with van der Waals surface area (Å²) in [5, 5.41) is 3.11. The smallest absolute Gasteiger partial charge is 0.154 e. The molecular formula is C14H18FNO2S. The van der Waals surface area contributed by atoms with Gasteiger partial charge in [0.05, 0.1) is 11.0 Å². The predicted octanol–water partition coefficient (Wildman–Crippen LogP) is 1.98. The third-order valence-electron chi connectivity index (χ3n) is 4.24. The summed E-state index contributed by atoms with van der Waals surface area (Å²) in [4.78, 5) is 0. The maximum absolute atomic E-state index is 13.1. The minimum atomic E-state index is -2.89. The van der Waals surface area contributed by atoms with Gasteiger partial charge in [0, 0.05) is 12.6 Å². The molecule has 2 atom stereocenters. The summed E-state index contributed by atoms with van der Waals surface area (Å²) in [5.74, 6) is 0.129. The van der Waals surface area contributed by atoms with E-state index in [1.165, 1.54) is 6.07 Å². The van der Waals surface area contributed by atoms with Crippen molar-refractivity contribution in [2.24, 2.45) is 0 Å². The molecule has 3 nitrogen and oxygen atoms in total. The second kappa shape index (κ2) is 4.87. The summed E-state index contributed by atoms with van der Waals surface area (Å²) >= 11 is 0. The summed E-state index contributed by atoms with van der Waals surface area (Å²) < 4.78 is 36.7. The van der Waals surface area contributed by atoms with Gasteiger partial charge in [-0.05, 0) is 48.9 Å². The maximum Gasteiger partial charge on any atom is 0.154 e. The average Bonchev–Trinajstić information content (AvgIpc) is 2.89. The fraction of sp³-hybridized carbons (Fsp3) is 0.571. The Morgan fingerprint density at radius 3 is 2.89 bits per heavy atom. The Bertz CT molecular complexity index is 585. The first-order valence-electron chi connectivity index (χ1n) is 6.79. The Morgan fingerprint density at radius 2 is 2.16 bits per heavy atom. The highest BCUT2D eigenvalue weighted by Gasteiger charge is 2.32. The molecule has 1 aromatic rings. The number of rotatable bonds is 3. The number of nitrogens with one attached hydrogen (secondary N) is 1. The minimum Gasteiger partial charge on any atom is -0.309 e. The largest absolute Gasteiger partial charge is 0.309 e. The predicted molar refractivity (Wildman–Crippen MR) is 72.3 cm³/mol. The first kappa shape index (κ1) is 13.1. The molecule has 1 aliphatic heterocycles. The van der Waals surface area contributed by atoms with Gasteiger partial charge < -0.3 is 5.32 Å². The molecule has 1 saturated heterocycles. The molecule has 19 heavy (non-hydrogen) atoms. The van der Waals surface area contributed by atoms with Crippen LogP contribution in [0, 0.1) is 5.82 Å². The van der Waals surface area contributed by atoms with Crippen molar-refractivity contribution in [1.82, 2.24) is 5.32 Å². The maximum atomic E-state index is 13.1. The summed E-state index contributed by atoms with van der Waals surface area (Å²) in [6.45, 7) is 0.518. The van der Waals surface area contributed by atoms with E-state index in [0.717, 1.165) is 36.8 Å². The van der Waals surface area contributed by atoms with Gasteiger partial charge in [-0.2, -0.15) is 0 Å². The van der Waals surface area contributed by atoms with Crippen LogP contribution in [0.15, 0.2) is 18.2 Å². The lowest BCUT2D eigenvalue weighted by molar-refractivity contribution is 0.510. The van der Waals surface area contributed by atoms with Crippen molar-refractivity contribution < 1.29 is 12.8 Å². The van der Waals surface area contributed by atoms with Gasteiger partial charge in [-0.1, -0.05) is 6.07 Å². The molecular weight excluding hydrogens is 265 g/mol. The number of sulfone groups is 1. The van der Waals surface area contributed by atoms with E-state index in [0.29, 0.717) is 12.3 Å². The van der Waals surface area contributed by atoms with Crippen molar-refractivity contribution in [3.8, 4) is 0 Å². The first-order chi connectivity index (χ1) is 9.06. The zero-order chi connectivity index (χ0) is 13.5. The molecule has 1 aromatic carbocycles. The van der Waals surface area contributed by atoms with Crippen LogP contribution >= 0.6 is 0 Å². The highest BCUT2D eigenvalue weighted by Crippen LogP contribution is 2.32. The number of fused-ring (bicyclic) bond motifs is 1. The SMILES string of the molecule is O=S1(=O)CCCC1CNC1CCc2cc(F)ccc21. The highest BCUT2D eigenvalue weighted by atomic mass is 32.2. The number of hydrogen-bond acceptors (Lipinski definition) is 3. The van der Waals surface area contributed by atoms with E-state index in [-0.39, 0.29) is 17.1 Å². The Morgan fingerprint density at radius 1 is 1.32 bits per heavy atom. The van der Waals surface area contributed by atoms with Crippen LogP contribution < -0.4 is 5.32 Å². The van der Waals surface area contributed by atoms with Crippen LogP contribution in [-0.2, 0) is 16.3 Å². The quantitative estimate of drug-likeness (QED) is 0.922. The number of halogens is 1. The molecule has 0 saturated carbocycles. The molecule has 1 fully saturated rings. The normalized spacial score (nSPS) is 28.5. The van der Waals surface area contributed by atoms with Crippen LogP contribution in [0.5, 0.6) is 0 Å². The molecule has 1 aliphatic carbocycles. The van der Waals surface area contributed by atoms with Crippen molar-refractivity contribution in [3.63, 3.8) is 0 Å². The van der Waals surface area contributed by atoms with E-state index >= 15 is 0 Å². The fourth-order valence-electron chi connectivity index (χ4n) is 3.16. The van der Waals surface area contributed by atoms with Gasteiger partial charge in [0.2, 0.25) is 0 Å². The standard InChI is InChI=1S/C14H18FNO2S/c15-11-4-5-13-10(8-11)3-6-14(13)16-9-12-2-1-7-19(12,17)18/h4-5,8,12,14,16H,1-3,6-7,9H2. The number of hydrogen-bond donors (Lipinski definition) is 1. The Hall–Kier alpha value is -0.940. The second-order valence-corrected chi connectivity index (χ2v) is 7.87. The molecule has 0 bridgehead atoms. The zero-order valence-corrected chi connectivity index (χ0v) is 11.5. The van der Waals surface area contributed by atoms with Gasteiger partial charge in [0.15, 0.2) is 9.84 Å². The van der Waals surface area contributed by atoms with E-state index in [1.807, 2.05) is 6.07 Å². The molecule has 3 rings (SSSR count). The summed E-state index contributed by atoms with van der Waals surface area (Å²) in [6.07, 6.45) is 3.33. The van der Waals surface area contributed by atoms with Gasteiger partial charge in [-0.3, -0.25) is 0 Å². The number of benzene rings is 1. The highest BCUT2D eigenvalue weighted by molar-refractivity contribution is 7.92. The van der Waals surface area contributed by atoms with Crippen LogP contribution in [0.3, 0.4) is 0 Å². The lowest BCUT2D eigenvalue weighted by atomic mass is 10.1. The van der Waals surface area contributed by atoms with Crippen molar-refractivity contribution in [1.29, 1.82) is 0 Å². The van der Waals surface area contributed by atoms with Crippen molar-refractivity contribution in [2.75, 3.05) is 12.3 Å². The van der Waals surface area contributed by atoms with Crippen LogP contribution in [0.1, 0.15) is 36.4 Å². The molecule has 0 radical (unpaired) electrons. The van der Waals surface area contributed by atoms with Gasteiger partial charge >= 0.3 is 0 Å². The monoisotopic (exact) mass is 283 g/mol. The van der Waals surface area contributed by atoms with Crippen molar-refractivity contribution >= 4 is 9.84 Å². The number of aryl methyl sites for hydroxylation is 1. The molecule has 2 aliphatic rings. The van der Waals surface area contributed by atoms with Crippen LogP contribution in [0.4, 0.5) is 4.39 Å². The van der Waals surface area contributed by atoms with Crippen molar-refractivity contribution in [3.05, 3.63) is 35.1 Å². The first-order valence-corrected chi connectivity index (χ1v) is 8.51. The lowest BCUT2D eigenvalue weighted by Gasteiger charge is -2.17. The lowest BCUT2D eigenvalue weighted by Crippen LogP contribution is -2.32. The third-order valence-corrected chi connectivity index (χ3v) is 6.51. The topological polar surface area (TPSA) is 46.2 Å². The van der Waals surface area contributed by atoms with E-state index < -0.39 is 9.84 Å². The molecule has 0 aromatic heterocycles. The van der Waals surface area contributed by atoms with Gasteiger partial charge in [-0.15, -0.1) is 0 Å². The van der Waals surface area contributed by atoms with Gasteiger partial charge in [0.1, 0.15) is 5.82 Å². The molecule has 1 heterocycles. The van der Waals surface area contributed by atoms with E-state index in [2.05, 4.69) is 5.32 Å². The average molecular weight is 283 g/mol. The van der Waals surface area contributed by atoms with Gasteiger partial charge in [0.25, 0.3) is 0 Å². The van der Waals surface area contributed by atoms with E-state index in [4.69, 9.17) is 0 Å². The fourth-order valence-corrected chi connectivity index (χ4v) is 4.94. The second-order valence-electron chi connectivity index (χ2n) is 5.47. The van der Waals surface area contributed by atoms with E-state index in [1.54, 1.807) is 6.07 Å². The Balaban J connectivity index is 1.67. The molecule has 0 spiro atoms. The summed E-state index contributed by atoms with van der Waals surface area (Å²) in [5.41, 5.74) is 2.17. The van der Waals surface area contributed by atoms with Crippen LogP contribution in [0.2, 0.25) is 0 Å². The molecule has 0 amide bonds. The molecule has 2 unspecified atom stereocenters. The molecule has 5 heteroatoms. The molecule has 104 valence electrons. The van der Waals surface area contributed by atoms with Crippen molar-refractivity contribution in [2.45, 2.75) is 37.0 Å². The zero-order valence-electron chi connectivity index (χ0n) is 10.7. The summed E-state index contributed by atoms with van der Waals surface area (Å²) in [7, 11) is -2.89. The molecule has 1 N–H and O–H groups in total. The van der Waals surface area contributed by atoms with Crippen LogP contribution in [0.25, 0.3) is 0 Å². The third kappa shape index (κ3) is 2.54. The van der Waals surface area contributed by atoms with Gasteiger partial charge in [-0.25, -0.2) is 12.8 Å². The Labute approximate surface area is 113 Å².